The molecule has 0 aromatic heterocycles. The third-order valence-corrected chi connectivity index (χ3v) is 2.97. The predicted octanol–water partition coefficient (Wildman–Crippen LogP) is 0.953. The summed E-state index contributed by atoms with van der Waals surface area (Å²) in [7, 11) is 0. The van der Waals surface area contributed by atoms with E-state index in [-0.39, 0.29) is 30.8 Å². The first-order chi connectivity index (χ1) is 8.95. The van der Waals surface area contributed by atoms with Crippen molar-refractivity contribution in [3.8, 4) is 0 Å². The van der Waals surface area contributed by atoms with Crippen LogP contribution < -0.4 is 16.4 Å². The minimum atomic E-state index is -0.284. The fraction of sp³-hybridized carbons (Fsp3) is 0.429. The summed E-state index contributed by atoms with van der Waals surface area (Å²) in [6.07, 6.45) is 0. The molecule has 5 nitrogen and oxygen atoms in total. The number of hydrogen-bond donors (Lipinski definition) is 3. The summed E-state index contributed by atoms with van der Waals surface area (Å²) in [6, 6.07) is 5.79. The van der Waals surface area contributed by atoms with Crippen LogP contribution in [-0.2, 0) is 9.59 Å². The zero-order valence-electron chi connectivity index (χ0n) is 11.6. The molecule has 0 heterocycles. The highest BCUT2D eigenvalue weighted by Gasteiger charge is 2.12. The molecule has 1 atom stereocenters. The van der Waals surface area contributed by atoms with Crippen LogP contribution in [0.4, 0.5) is 5.69 Å². The van der Waals surface area contributed by atoms with Crippen molar-refractivity contribution in [1.82, 2.24) is 5.32 Å². The Balaban J connectivity index is 2.55. The molecule has 0 bridgehead atoms. The van der Waals surface area contributed by atoms with Gasteiger partial charge in [0.1, 0.15) is 0 Å². The van der Waals surface area contributed by atoms with Crippen molar-refractivity contribution in [2.75, 3.05) is 18.4 Å². The molecule has 1 unspecified atom stereocenters. The monoisotopic (exact) mass is 263 g/mol. The van der Waals surface area contributed by atoms with Gasteiger partial charge < -0.3 is 16.4 Å². The minimum absolute atomic E-state index is 0.0447. The lowest BCUT2D eigenvalue weighted by atomic mass is 10.1. The molecule has 0 saturated heterocycles. The number of nitrogens with one attached hydrogen (secondary N) is 2. The smallest absolute Gasteiger partial charge is 0.243 e. The van der Waals surface area contributed by atoms with Gasteiger partial charge in [0.25, 0.3) is 0 Å². The average Bonchev–Trinajstić information content (AvgIpc) is 2.39. The largest absolute Gasteiger partial charge is 0.347 e. The summed E-state index contributed by atoms with van der Waals surface area (Å²) in [5.74, 6) is -0.734. The van der Waals surface area contributed by atoms with Gasteiger partial charge in [-0.25, -0.2) is 0 Å². The van der Waals surface area contributed by atoms with Crippen LogP contribution in [0.2, 0.25) is 0 Å². The van der Waals surface area contributed by atoms with Gasteiger partial charge >= 0.3 is 0 Å². The van der Waals surface area contributed by atoms with E-state index in [2.05, 4.69) is 10.6 Å². The van der Waals surface area contributed by atoms with Crippen molar-refractivity contribution >= 4 is 17.5 Å². The second-order valence-corrected chi connectivity index (χ2v) is 4.67. The van der Waals surface area contributed by atoms with E-state index in [1.807, 2.05) is 32.0 Å². The molecule has 1 rings (SSSR count). The topological polar surface area (TPSA) is 84.2 Å². The number of amides is 2. The van der Waals surface area contributed by atoms with Gasteiger partial charge in [-0.3, -0.25) is 9.59 Å². The highest BCUT2D eigenvalue weighted by Crippen LogP contribution is 2.18. The molecule has 19 heavy (non-hydrogen) atoms. The molecule has 0 spiro atoms. The fourth-order valence-corrected chi connectivity index (χ4v) is 1.64. The van der Waals surface area contributed by atoms with Crippen LogP contribution in [0.15, 0.2) is 18.2 Å². The molecule has 2 amide bonds. The second kappa shape index (κ2) is 6.89. The molecule has 5 heteroatoms. The predicted molar refractivity (Wildman–Crippen MR) is 75.8 cm³/mol. The number of rotatable bonds is 5. The highest BCUT2D eigenvalue weighted by molar-refractivity contribution is 5.95. The van der Waals surface area contributed by atoms with E-state index in [4.69, 9.17) is 5.73 Å². The first-order valence-electron chi connectivity index (χ1n) is 6.29. The van der Waals surface area contributed by atoms with Crippen molar-refractivity contribution in [3.63, 3.8) is 0 Å². The van der Waals surface area contributed by atoms with Crippen molar-refractivity contribution in [2.24, 2.45) is 11.7 Å². The summed E-state index contributed by atoms with van der Waals surface area (Å²) in [5.41, 5.74) is 8.17. The van der Waals surface area contributed by atoms with E-state index in [1.165, 1.54) is 0 Å². The summed E-state index contributed by atoms with van der Waals surface area (Å²) >= 11 is 0. The van der Waals surface area contributed by atoms with Crippen molar-refractivity contribution in [3.05, 3.63) is 29.3 Å². The number of aryl methyl sites for hydroxylation is 2. The van der Waals surface area contributed by atoms with Gasteiger partial charge in [0.15, 0.2) is 0 Å². The van der Waals surface area contributed by atoms with Crippen LogP contribution in [0.3, 0.4) is 0 Å². The Kier molecular flexibility index (Phi) is 5.51. The molecule has 1 aromatic rings. The Morgan fingerprint density at radius 2 is 1.84 bits per heavy atom. The summed E-state index contributed by atoms with van der Waals surface area (Å²) in [5, 5.41) is 5.37. The van der Waals surface area contributed by atoms with Crippen LogP contribution in [0.1, 0.15) is 18.1 Å². The Morgan fingerprint density at radius 1 is 1.26 bits per heavy atom. The molecule has 1 aromatic carbocycles. The lowest BCUT2D eigenvalue weighted by Gasteiger charge is -2.13. The molecule has 0 aliphatic rings. The van der Waals surface area contributed by atoms with Crippen LogP contribution in [-0.4, -0.2) is 24.9 Å². The third-order valence-electron chi connectivity index (χ3n) is 2.97. The number of hydrogen-bond acceptors (Lipinski definition) is 3. The molecular formula is C14H21N3O2. The number of para-hydroxylation sites is 1. The maximum Gasteiger partial charge on any atom is 0.243 e. The summed E-state index contributed by atoms with van der Waals surface area (Å²) in [6.45, 7) is 5.80. The maximum absolute atomic E-state index is 11.8. The summed E-state index contributed by atoms with van der Waals surface area (Å²) in [4.78, 5) is 23.3. The van der Waals surface area contributed by atoms with Crippen molar-refractivity contribution in [2.45, 2.75) is 20.8 Å². The third kappa shape index (κ3) is 4.37. The standard InChI is InChI=1S/C14H21N3O2/c1-9-5-4-6-10(2)13(9)17-12(18)8-16-14(19)11(3)7-15/h4-6,11H,7-8,15H2,1-3H3,(H,16,19)(H,17,18). The van der Waals surface area contributed by atoms with Gasteiger partial charge in [-0.05, 0) is 25.0 Å². The Morgan fingerprint density at radius 3 is 2.37 bits per heavy atom. The molecule has 0 saturated carbocycles. The number of nitrogens with two attached hydrogens (primary N) is 1. The van der Waals surface area contributed by atoms with E-state index in [0.717, 1.165) is 16.8 Å². The first kappa shape index (κ1) is 15.2. The van der Waals surface area contributed by atoms with Crippen LogP contribution in [0.25, 0.3) is 0 Å². The van der Waals surface area contributed by atoms with Crippen molar-refractivity contribution < 1.29 is 9.59 Å². The van der Waals surface area contributed by atoms with E-state index < -0.39 is 0 Å². The van der Waals surface area contributed by atoms with Gasteiger partial charge in [-0.2, -0.15) is 0 Å². The van der Waals surface area contributed by atoms with Crippen LogP contribution >= 0.6 is 0 Å². The van der Waals surface area contributed by atoms with Gasteiger partial charge in [0.05, 0.1) is 6.54 Å². The molecule has 0 aliphatic carbocycles. The van der Waals surface area contributed by atoms with Gasteiger partial charge in [0, 0.05) is 18.2 Å². The van der Waals surface area contributed by atoms with E-state index in [9.17, 15) is 9.59 Å². The van der Waals surface area contributed by atoms with Crippen LogP contribution in [0.5, 0.6) is 0 Å². The van der Waals surface area contributed by atoms with E-state index in [1.54, 1.807) is 6.92 Å². The average molecular weight is 263 g/mol. The fourth-order valence-electron chi connectivity index (χ4n) is 1.64. The van der Waals surface area contributed by atoms with Gasteiger partial charge in [-0.1, -0.05) is 25.1 Å². The number of anilines is 1. The number of carbonyl (C=O) groups is 2. The zero-order chi connectivity index (χ0) is 14.4. The lowest BCUT2D eigenvalue weighted by molar-refractivity contribution is -0.126. The van der Waals surface area contributed by atoms with E-state index >= 15 is 0 Å². The first-order valence-corrected chi connectivity index (χ1v) is 6.29. The zero-order valence-corrected chi connectivity index (χ0v) is 11.6. The van der Waals surface area contributed by atoms with Crippen molar-refractivity contribution in [1.29, 1.82) is 0 Å². The molecule has 0 aliphatic heterocycles. The summed E-state index contributed by atoms with van der Waals surface area (Å²) < 4.78 is 0. The molecular weight excluding hydrogens is 242 g/mol. The second-order valence-electron chi connectivity index (χ2n) is 4.67. The Bertz CT molecular complexity index is 452. The van der Waals surface area contributed by atoms with E-state index in [0.29, 0.717) is 0 Å². The molecule has 104 valence electrons. The normalized spacial score (nSPS) is 11.8. The molecule has 4 N–H and O–H groups in total. The van der Waals surface area contributed by atoms with Crippen LogP contribution in [0, 0.1) is 19.8 Å². The Labute approximate surface area is 113 Å². The highest BCUT2D eigenvalue weighted by atomic mass is 16.2. The molecule has 0 fully saturated rings. The lowest BCUT2D eigenvalue weighted by Crippen LogP contribution is -2.38. The Hall–Kier alpha value is -1.88. The van der Waals surface area contributed by atoms with Gasteiger partial charge in [0.2, 0.25) is 11.8 Å². The molecule has 0 radical (unpaired) electrons. The number of carbonyl (C=O) groups excluding carboxylic acids is 2. The number of benzene rings is 1. The SMILES string of the molecule is Cc1cccc(C)c1NC(=O)CNC(=O)C(C)CN. The van der Waals surface area contributed by atoms with Gasteiger partial charge in [-0.15, -0.1) is 0 Å². The minimum Gasteiger partial charge on any atom is -0.347 e. The quantitative estimate of drug-likeness (QED) is 0.739. The maximum atomic E-state index is 11.8.